The molecule has 2 aromatic carbocycles. The van der Waals surface area contributed by atoms with E-state index in [1.54, 1.807) is 20.3 Å². The second-order valence-corrected chi connectivity index (χ2v) is 6.26. The SMILES string of the molecule is COc1ccc(COCC(O)CNC(=O)COc2ccc(C)cc2OC)cc1. The maximum Gasteiger partial charge on any atom is 0.258 e. The molecule has 0 radical (unpaired) electrons. The van der Waals surface area contributed by atoms with E-state index in [0.29, 0.717) is 18.1 Å². The molecule has 28 heavy (non-hydrogen) atoms. The Bertz CT molecular complexity index is 747. The molecule has 0 saturated heterocycles. The molecule has 0 aliphatic rings. The van der Waals surface area contributed by atoms with Gasteiger partial charge in [0.15, 0.2) is 18.1 Å². The van der Waals surface area contributed by atoms with E-state index < -0.39 is 6.10 Å². The zero-order valence-corrected chi connectivity index (χ0v) is 16.4. The van der Waals surface area contributed by atoms with Crippen LogP contribution in [0.15, 0.2) is 42.5 Å². The van der Waals surface area contributed by atoms with Crippen LogP contribution < -0.4 is 19.5 Å². The number of aliphatic hydroxyl groups excluding tert-OH is 1. The Morgan fingerprint density at radius 3 is 2.50 bits per heavy atom. The van der Waals surface area contributed by atoms with Crippen molar-refractivity contribution < 1.29 is 28.8 Å². The Morgan fingerprint density at radius 1 is 1.07 bits per heavy atom. The molecule has 7 heteroatoms. The summed E-state index contributed by atoms with van der Waals surface area (Å²) in [4.78, 5) is 11.9. The van der Waals surface area contributed by atoms with Crippen LogP contribution in [0.4, 0.5) is 0 Å². The van der Waals surface area contributed by atoms with Crippen molar-refractivity contribution in [2.75, 3.05) is 34.0 Å². The third kappa shape index (κ3) is 7.09. The maximum atomic E-state index is 11.9. The molecule has 7 nitrogen and oxygen atoms in total. The van der Waals surface area contributed by atoms with Gasteiger partial charge in [-0.15, -0.1) is 0 Å². The number of aliphatic hydroxyl groups is 1. The first kappa shape index (κ1) is 21.5. The summed E-state index contributed by atoms with van der Waals surface area (Å²) in [5.41, 5.74) is 2.00. The number of carbonyl (C=O) groups excluding carboxylic acids is 1. The Labute approximate surface area is 165 Å². The van der Waals surface area contributed by atoms with Crippen LogP contribution >= 0.6 is 0 Å². The van der Waals surface area contributed by atoms with Gasteiger partial charge < -0.3 is 29.4 Å². The van der Waals surface area contributed by atoms with Crippen LogP contribution in [0.5, 0.6) is 17.2 Å². The molecule has 2 aromatic rings. The number of nitrogens with one attached hydrogen (secondary N) is 1. The van der Waals surface area contributed by atoms with Crippen LogP contribution in [0.25, 0.3) is 0 Å². The van der Waals surface area contributed by atoms with Crippen molar-refractivity contribution in [1.82, 2.24) is 5.32 Å². The molecule has 0 bridgehead atoms. The lowest BCUT2D eigenvalue weighted by atomic mass is 10.2. The molecule has 0 saturated carbocycles. The molecule has 2 rings (SSSR count). The Balaban J connectivity index is 1.65. The van der Waals surface area contributed by atoms with Gasteiger partial charge in [-0.2, -0.15) is 0 Å². The third-order valence-corrected chi connectivity index (χ3v) is 3.95. The Morgan fingerprint density at radius 2 is 1.82 bits per heavy atom. The largest absolute Gasteiger partial charge is 0.497 e. The number of aryl methyl sites for hydroxylation is 1. The van der Waals surface area contributed by atoms with E-state index >= 15 is 0 Å². The monoisotopic (exact) mass is 389 g/mol. The molecule has 1 amide bonds. The number of rotatable bonds is 11. The molecular formula is C21H27NO6. The van der Waals surface area contributed by atoms with Crippen molar-refractivity contribution in [2.24, 2.45) is 0 Å². The summed E-state index contributed by atoms with van der Waals surface area (Å²) in [6.07, 6.45) is -0.809. The van der Waals surface area contributed by atoms with Gasteiger partial charge in [-0.1, -0.05) is 18.2 Å². The maximum absolute atomic E-state index is 11.9. The summed E-state index contributed by atoms with van der Waals surface area (Å²) < 4.78 is 21.3. The van der Waals surface area contributed by atoms with Crippen molar-refractivity contribution in [3.05, 3.63) is 53.6 Å². The highest BCUT2D eigenvalue weighted by Gasteiger charge is 2.10. The van der Waals surface area contributed by atoms with Crippen LogP contribution in [0, 0.1) is 6.92 Å². The number of hydrogen-bond acceptors (Lipinski definition) is 6. The molecule has 2 N–H and O–H groups in total. The smallest absolute Gasteiger partial charge is 0.258 e. The molecule has 0 fully saturated rings. The van der Waals surface area contributed by atoms with Crippen molar-refractivity contribution in [3.63, 3.8) is 0 Å². The minimum absolute atomic E-state index is 0.0792. The minimum Gasteiger partial charge on any atom is -0.497 e. The highest BCUT2D eigenvalue weighted by atomic mass is 16.5. The van der Waals surface area contributed by atoms with Gasteiger partial charge in [0.1, 0.15) is 5.75 Å². The lowest BCUT2D eigenvalue weighted by Crippen LogP contribution is -2.37. The number of hydrogen-bond donors (Lipinski definition) is 2. The minimum atomic E-state index is -0.809. The molecule has 0 heterocycles. The summed E-state index contributed by atoms with van der Waals surface area (Å²) in [5, 5.41) is 12.5. The molecule has 0 spiro atoms. The van der Waals surface area contributed by atoms with E-state index in [1.807, 2.05) is 43.3 Å². The Kier molecular flexibility index (Phi) is 8.58. The fraction of sp³-hybridized carbons (Fsp3) is 0.381. The summed E-state index contributed by atoms with van der Waals surface area (Å²) in [6.45, 7) is 2.33. The highest BCUT2D eigenvalue weighted by molar-refractivity contribution is 5.77. The lowest BCUT2D eigenvalue weighted by Gasteiger charge is -2.14. The summed E-state index contributed by atoms with van der Waals surface area (Å²) in [5.74, 6) is 1.50. The third-order valence-electron chi connectivity index (χ3n) is 3.95. The standard InChI is InChI=1S/C21H27NO6/c1-15-4-9-19(20(10-15)26-3)28-14-21(24)22-11-17(23)13-27-12-16-5-7-18(25-2)8-6-16/h4-10,17,23H,11-14H2,1-3H3,(H,22,24). The highest BCUT2D eigenvalue weighted by Crippen LogP contribution is 2.27. The molecular weight excluding hydrogens is 362 g/mol. The van der Waals surface area contributed by atoms with Crippen molar-refractivity contribution in [2.45, 2.75) is 19.6 Å². The first-order valence-corrected chi connectivity index (χ1v) is 8.94. The summed E-state index contributed by atoms with van der Waals surface area (Å²) in [7, 11) is 3.16. The van der Waals surface area contributed by atoms with Gasteiger partial charge in [0.2, 0.25) is 0 Å². The van der Waals surface area contributed by atoms with Gasteiger partial charge in [-0.05, 0) is 42.3 Å². The lowest BCUT2D eigenvalue weighted by molar-refractivity contribution is -0.123. The average molecular weight is 389 g/mol. The van der Waals surface area contributed by atoms with E-state index in [9.17, 15) is 9.90 Å². The van der Waals surface area contributed by atoms with Crippen LogP contribution in [0.1, 0.15) is 11.1 Å². The second kappa shape index (κ2) is 11.2. The number of benzene rings is 2. The van der Waals surface area contributed by atoms with Crippen LogP contribution in [-0.4, -0.2) is 51.1 Å². The second-order valence-electron chi connectivity index (χ2n) is 6.26. The fourth-order valence-corrected chi connectivity index (χ4v) is 2.41. The van der Waals surface area contributed by atoms with Gasteiger partial charge >= 0.3 is 0 Å². The van der Waals surface area contributed by atoms with Gasteiger partial charge in [0, 0.05) is 6.54 Å². The van der Waals surface area contributed by atoms with E-state index in [1.165, 1.54) is 0 Å². The quantitative estimate of drug-likeness (QED) is 0.612. The van der Waals surface area contributed by atoms with Crippen molar-refractivity contribution >= 4 is 5.91 Å². The average Bonchev–Trinajstić information content (AvgIpc) is 2.71. The number of amides is 1. The van der Waals surface area contributed by atoms with Crippen LogP contribution in [-0.2, 0) is 16.1 Å². The van der Waals surface area contributed by atoms with Gasteiger partial charge in [-0.25, -0.2) is 0 Å². The van der Waals surface area contributed by atoms with Gasteiger partial charge in [0.05, 0.1) is 33.5 Å². The number of ether oxygens (including phenoxy) is 4. The summed E-state index contributed by atoms with van der Waals surface area (Å²) in [6, 6.07) is 12.9. The number of carbonyl (C=O) groups is 1. The van der Waals surface area contributed by atoms with Crippen LogP contribution in [0.3, 0.4) is 0 Å². The van der Waals surface area contributed by atoms with E-state index in [4.69, 9.17) is 18.9 Å². The van der Waals surface area contributed by atoms with Crippen molar-refractivity contribution in [3.8, 4) is 17.2 Å². The zero-order chi connectivity index (χ0) is 20.4. The van der Waals surface area contributed by atoms with Crippen LogP contribution in [0.2, 0.25) is 0 Å². The Hall–Kier alpha value is -2.77. The topological polar surface area (TPSA) is 86.2 Å². The molecule has 0 aromatic heterocycles. The normalized spacial score (nSPS) is 11.6. The van der Waals surface area contributed by atoms with E-state index in [2.05, 4.69) is 5.32 Å². The van der Waals surface area contributed by atoms with Gasteiger partial charge in [0.25, 0.3) is 5.91 Å². The predicted octanol–water partition coefficient (Wildman–Crippen LogP) is 2.08. The summed E-state index contributed by atoms with van der Waals surface area (Å²) >= 11 is 0. The zero-order valence-electron chi connectivity index (χ0n) is 16.4. The fourth-order valence-electron chi connectivity index (χ4n) is 2.41. The molecule has 0 aliphatic carbocycles. The van der Waals surface area contributed by atoms with E-state index in [-0.39, 0.29) is 25.7 Å². The van der Waals surface area contributed by atoms with Gasteiger partial charge in [-0.3, -0.25) is 4.79 Å². The first-order valence-electron chi connectivity index (χ1n) is 8.94. The van der Waals surface area contributed by atoms with E-state index in [0.717, 1.165) is 16.9 Å². The molecule has 152 valence electrons. The van der Waals surface area contributed by atoms with Crippen molar-refractivity contribution in [1.29, 1.82) is 0 Å². The first-order chi connectivity index (χ1) is 13.5. The number of methoxy groups -OCH3 is 2. The predicted molar refractivity (Wildman–Crippen MR) is 105 cm³/mol. The molecule has 0 aliphatic heterocycles. The molecule has 1 atom stereocenters. The molecule has 1 unspecified atom stereocenters.